The zero-order valence-electron chi connectivity index (χ0n) is 21.5. The molecule has 39 heavy (non-hydrogen) atoms. The van der Waals surface area contributed by atoms with Crippen LogP contribution in [0.3, 0.4) is 0 Å². The van der Waals surface area contributed by atoms with Gasteiger partial charge in [0.15, 0.2) is 12.8 Å². The zero-order valence-corrected chi connectivity index (χ0v) is 24.5. The number of rotatable bonds is 5. The van der Waals surface area contributed by atoms with Gasteiger partial charge in [0.2, 0.25) is 0 Å². The van der Waals surface area contributed by atoms with Crippen LogP contribution in [0.15, 0.2) is 84.0 Å². The Morgan fingerprint density at radius 1 is 1.05 bits per heavy atom. The molecule has 5 rings (SSSR count). The lowest BCUT2D eigenvalue weighted by Gasteiger charge is -2.14. The summed E-state index contributed by atoms with van der Waals surface area (Å²) >= 11 is -0.380. The fourth-order valence-corrected chi connectivity index (χ4v) is 6.65. The molecule has 1 aliphatic rings. The smallest absolute Gasteiger partial charge is 0.358 e. The molecule has 0 saturated carbocycles. The number of hydrogen-bond acceptors (Lipinski definition) is 7. The fourth-order valence-electron chi connectivity index (χ4n) is 3.86. The molecule has 1 amide bonds. The first-order valence-electron chi connectivity index (χ1n) is 11.9. The molecular formula is C28H26IN3O6S. The number of ether oxygens (including phenoxy) is 1. The third-order valence-electron chi connectivity index (χ3n) is 5.78. The van der Waals surface area contributed by atoms with Crippen molar-refractivity contribution in [2.24, 2.45) is 0 Å². The number of nitrogens with zero attached hydrogens (tertiary/aromatic N) is 3. The van der Waals surface area contributed by atoms with E-state index in [4.69, 9.17) is 4.74 Å². The second kappa shape index (κ2) is 12.1. The molecule has 11 heteroatoms. The third kappa shape index (κ3) is 6.72. The van der Waals surface area contributed by atoms with E-state index in [0.717, 1.165) is 11.3 Å². The molecule has 0 radical (unpaired) electrons. The van der Waals surface area contributed by atoms with Crippen molar-refractivity contribution < 1.29 is 48.5 Å². The van der Waals surface area contributed by atoms with Gasteiger partial charge in [-0.05, 0) is 50.2 Å². The highest BCUT2D eigenvalue weighted by Gasteiger charge is 2.30. The standard InChI is InChI=1S/C21H19IN3O3.C7H8O3S/c1-3-28-21(27)19-18-12-24(2)20(26)16-11-15(22-14-7-5-4-6-8-14)9-10-17(16)25(18)13-23-19;1-6-2-4-7(5-3-6)11(8,9)10/h4-11,13H,3,12H2,1-2H3;2-5H,1H3,(H,8,9,10)/q+1;/p-1. The Morgan fingerprint density at radius 2 is 1.74 bits per heavy atom. The highest BCUT2D eigenvalue weighted by atomic mass is 127. The van der Waals surface area contributed by atoms with Crippen LogP contribution >= 0.6 is 0 Å². The van der Waals surface area contributed by atoms with Gasteiger partial charge in [0.05, 0.1) is 35.0 Å². The Hall–Kier alpha value is -3.55. The Bertz CT molecular complexity index is 1600. The maximum atomic E-state index is 13.0. The molecule has 202 valence electrons. The van der Waals surface area contributed by atoms with E-state index in [-0.39, 0.29) is 44.3 Å². The normalized spacial score (nSPS) is 12.5. The minimum atomic E-state index is -4.27. The average Bonchev–Trinajstić information content (AvgIpc) is 3.28. The van der Waals surface area contributed by atoms with Crippen molar-refractivity contribution in [1.82, 2.24) is 14.5 Å². The van der Waals surface area contributed by atoms with Gasteiger partial charge in [0, 0.05) is 13.1 Å². The lowest BCUT2D eigenvalue weighted by atomic mass is 10.1. The molecule has 0 atom stereocenters. The highest BCUT2D eigenvalue weighted by Crippen LogP contribution is 2.25. The van der Waals surface area contributed by atoms with Crippen molar-refractivity contribution in [1.29, 1.82) is 0 Å². The molecular weight excluding hydrogens is 633 g/mol. The van der Waals surface area contributed by atoms with Gasteiger partial charge < -0.3 is 14.2 Å². The van der Waals surface area contributed by atoms with E-state index < -0.39 is 16.1 Å². The van der Waals surface area contributed by atoms with Crippen LogP contribution in [-0.2, 0) is 21.4 Å². The van der Waals surface area contributed by atoms with Gasteiger partial charge >= 0.3 is 27.2 Å². The number of fused-ring (bicyclic) bond motifs is 3. The monoisotopic (exact) mass is 659 g/mol. The third-order valence-corrected chi connectivity index (χ3v) is 9.26. The van der Waals surface area contributed by atoms with Crippen LogP contribution in [0.4, 0.5) is 0 Å². The minimum absolute atomic E-state index is 0.0626. The largest absolute Gasteiger partial charge is 0.744 e. The van der Waals surface area contributed by atoms with E-state index in [1.807, 2.05) is 41.8 Å². The Labute approximate surface area is 237 Å². The van der Waals surface area contributed by atoms with E-state index in [9.17, 15) is 22.6 Å². The summed E-state index contributed by atoms with van der Waals surface area (Å²) in [5.74, 6) is -0.528. The van der Waals surface area contributed by atoms with Gasteiger partial charge in [-0.15, -0.1) is 0 Å². The summed E-state index contributed by atoms with van der Waals surface area (Å²) in [5, 5.41) is 0. The van der Waals surface area contributed by atoms with Crippen LogP contribution in [0.25, 0.3) is 5.69 Å². The molecule has 0 bridgehead atoms. The number of aromatic nitrogens is 2. The van der Waals surface area contributed by atoms with Crippen LogP contribution in [-0.4, -0.2) is 53.0 Å². The molecule has 1 aliphatic heterocycles. The number of hydrogen-bond donors (Lipinski definition) is 0. The molecule has 1 aromatic heterocycles. The predicted octanol–water partition coefficient (Wildman–Crippen LogP) is 0.662. The number of imidazole rings is 1. The van der Waals surface area contributed by atoms with Crippen molar-refractivity contribution in [3.63, 3.8) is 0 Å². The van der Waals surface area contributed by atoms with Crippen LogP contribution in [0, 0.1) is 14.1 Å². The number of amides is 1. The first kappa shape index (κ1) is 28.5. The van der Waals surface area contributed by atoms with Crippen molar-refractivity contribution in [2.45, 2.75) is 25.3 Å². The number of aryl methyl sites for hydroxylation is 1. The number of carbonyl (C=O) groups excluding carboxylic acids is 2. The molecule has 0 fully saturated rings. The van der Waals surface area contributed by atoms with Gasteiger partial charge in [-0.3, -0.25) is 9.36 Å². The van der Waals surface area contributed by atoms with Gasteiger partial charge in [0.1, 0.15) is 16.4 Å². The second-order valence-corrected chi connectivity index (χ2v) is 13.0. The van der Waals surface area contributed by atoms with E-state index in [1.54, 1.807) is 37.3 Å². The van der Waals surface area contributed by atoms with Crippen LogP contribution < -0.4 is 21.2 Å². The lowest BCUT2D eigenvalue weighted by Crippen LogP contribution is -3.61. The Kier molecular flexibility index (Phi) is 8.83. The first-order chi connectivity index (χ1) is 18.6. The van der Waals surface area contributed by atoms with Crippen LogP contribution in [0.1, 0.15) is 39.0 Å². The predicted molar refractivity (Wildman–Crippen MR) is 138 cm³/mol. The maximum absolute atomic E-state index is 13.0. The van der Waals surface area contributed by atoms with E-state index in [2.05, 4.69) is 23.2 Å². The summed E-state index contributed by atoms with van der Waals surface area (Å²) in [5.41, 5.74) is 3.22. The Morgan fingerprint density at radius 3 is 2.38 bits per heavy atom. The number of carbonyl (C=O) groups is 2. The van der Waals surface area contributed by atoms with E-state index in [0.29, 0.717) is 17.8 Å². The van der Waals surface area contributed by atoms with Crippen molar-refractivity contribution >= 4 is 22.0 Å². The van der Waals surface area contributed by atoms with Gasteiger partial charge in [-0.1, -0.05) is 35.9 Å². The average molecular weight is 660 g/mol. The summed E-state index contributed by atoms with van der Waals surface area (Å²) < 4.78 is 40.6. The summed E-state index contributed by atoms with van der Waals surface area (Å²) in [4.78, 5) is 31.0. The lowest BCUT2D eigenvalue weighted by molar-refractivity contribution is -0.597. The second-order valence-electron chi connectivity index (χ2n) is 8.61. The summed E-state index contributed by atoms with van der Waals surface area (Å²) in [6.45, 7) is 4.16. The molecule has 0 spiro atoms. The molecule has 9 nitrogen and oxygen atoms in total. The van der Waals surface area contributed by atoms with E-state index >= 15 is 0 Å². The maximum Gasteiger partial charge on any atom is 0.358 e. The number of halogens is 1. The zero-order chi connectivity index (χ0) is 28.2. The number of esters is 1. The molecule has 4 aromatic rings. The van der Waals surface area contributed by atoms with Crippen molar-refractivity contribution in [2.75, 3.05) is 13.7 Å². The Balaban J connectivity index is 0.000000270. The molecule has 0 saturated heterocycles. The molecule has 0 unspecified atom stereocenters. The summed E-state index contributed by atoms with van der Waals surface area (Å²) in [7, 11) is -2.53. The van der Waals surface area contributed by atoms with Gasteiger partial charge in [0.25, 0.3) is 5.91 Å². The molecule has 0 N–H and O–H groups in total. The van der Waals surface area contributed by atoms with Crippen LogP contribution in [0.2, 0.25) is 0 Å². The minimum Gasteiger partial charge on any atom is -0.744 e. The number of benzene rings is 3. The van der Waals surface area contributed by atoms with Crippen LogP contribution in [0.5, 0.6) is 0 Å². The summed E-state index contributed by atoms with van der Waals surface area (Å²) in [6.07, 6.45) is 1.60. The first-order valence-corrected chi connectivity index (χ1v) is 15.5. The molecule has 2 heterocycles. The summed E-state index contributed by atoms with van der Waals surface area (Å²) in [6, 6.07) is 22.1. The van der Waals surface area contributed by atoms with Gasteiger partial charge in [-0.2, -0.15) is 0 Å². The van der Waals surface area contributed by atoms with Crippen molar-refractivity contribution in [3.05, 3.63) is 109 Å². The molecule has 3 aromatic carbocycles. The van der Waals surface area contributed by atoms with Gasteiger partial charge in [-0.25, -0.2) is 18.2 Å². The topological polar surface area (TPSA) is 122 Å². The SMILES string of the molecule is CCOC(=O)c1ncn2c1CN(C)C(=O)c1cc([I+]c3ccccc3)ccc1-2.Cc1ccc(S(=O)(=O)[O-])cc1. The molecule has 0 aliphatic carbocycles. The quantitative estimate of drug-likeness (QED) is 0.175. The highest BCUT2D eigenvalue weighted by molar-refractivity contribution is 7.85. The fraction of sp³-hybridized carbons (Fsp3) is 0.179. The van der Waals surface area contributed by atoms with E-state index in [1.165, 1.54) is 19.3 Å². The van der Waals surface area contributed by atoms with Crippen molar-refractivity contribution in [3.8, 4) is 5.69 Å².